The van der Waals surface area contributed by atoms with Crippen LogP contribution >= 0.6 is 0 Å². The van der Waals surface area contributed by atoms with E-state index in [9.17, 15) is 28.6 Å². The average molecular weight is 577 g/mol. The van der Waals surface area contributed by atoms with E-state index in [1.54, 1.807) is 19.1 Å². The summed E-state index contributed by atoms with van der Waals surface area (Å²) in [5.41, 5.74) is -0.200. The Morgan fingerprint density at radius 1 is 1.00 bits per heavy atom. The molecule has 2 aromatic carbocycles. The summed E-state index contributed by atoms with van der Waals surface area (Å²) in [6.07, 6.45) is 1.66. The molecule has 1 saturated heterocycles. The lowest BCUT2D eigenvalue weighted by molar-refractivity contribution is -0.154. The first-order valence-electron chi connectivity index (χ1n) is 13.9. The third kappa shape index (κ3) is 7.72. The second-order valence-corrected chi connectivity index (χ2v) is 10.7. The Balaban J connectivity index is 1.65. The van der Waals surface area contributed by atoms with Gasteiger partial charge in [0, 0.05) is 52.6 Å². The molecule has 1 aliphatic carbocycles. The van der Waals surface area contributed by atoms with Gasteiger partial charge in [-0.1, -0.05) is 6.07 Å². The minimum absolute atomic E-state index is 0.0805. The molecular weight excluding hydrogens is 538 g/mol. The van der Waals surface area contributed by atoms with Gasteiger partial charge in [0.1, 0.15) is 29.6 Å². The number of carbonyl (C=O) groups excluding carboxylic acids is 1. The molecule has 2 aliphatic rings. The maximum Gasteiger partial charge on any atom is 0.407 e. The molecule has 224 valence electrons. The Kier molecular flexibility index (Phi) is 10.2. The standard InChI is InChI=1S/C30H38F2N2O7/c1-39-9-3-4-20-12-21(14-26(13-20)41-11-10-40-2)18-34(25-5-6-25)28(35)27-19-33(29(36)37)8-7-30(27,38)22-15-23(31)17-24(32)16-22/h12-17,25,27,38H,3-11,18-19H2,1-2H3,(H,36,37)/t27-,30+/m1/s1. The number of halogens is 2. The van der Waals surface area contributed by atoms with Crippen molar-refractivity contribution in [3.05, 3.63) is 64.7 Å². The topological polar surface area (TPSA) is 109 Å². The van der Waals surface area contributed by atoms with Gasteiger partial charge < -0.3 is 34.2 Å². The van der Waals surface area contributed by atoms with Crippen molar-refractivity contribution in [2.24, 2.45) is 5.92 Å². The number of ether oxygens (including phenoxy) is 3. The number of hydrogen-bond acceptors (Lipinski definition) is 6. The fourth-order valence-corrected chi connectivity index (χ4v) is 5.43. The highest BCUT2D eigenvalue weighted by Gasteiger charge is 2.51. The summed E-state index contributed by atoms with van der Waals surface area (Å²) < 4.78 is 44.5. The van der Waals surface area contributed by atoms with Crippen molar-refractivity contribution < 1.29 is 42.8 Å². The molecule has 1 saturated carbocycles. The van der Waals surface area contributed by atoms with Crippen LogP contribution in [-0.4, -0.2) is 85.2 Å². The van der Waals surface area contributed by atoms with Crippen molar-refractivity contribution in [2.75, 3.05) is 47.1 Å². The van der Waals surface area contributed by atoms with E-state index in [0.29, 0.717) is 31.6 Å². The van der Waals surface area contributed by atoms with Crippen LogP contribution in [0.1, 0.15) is 42.4 Å². The molecule has 0 aromatic heterocycles. The van der Waals surface area contributed by atoms with Gasteiger partial charge >= 0.3 is 6.09 Å². The number of aliphatic hydroxyl groups is 1. The highest BCUT2D eigenvalue weighted by atomic mass is 19.1. The molecule has 1 heterocycles. The van der Waals surface area contributed by atoms with Gasteiger partial charge in [-0.25, -0.2) is 13.6 Å². The van der Waals surface area contributed by atoms with E-state index in [-0.39, 0.29) is 37.7 Å². The molecule has 0 bridgehead atoms. The Bertz CT molecular complexity index is 1180. The lowest BCUT2D eigenvalue weighted by Gasteiger charge is -2.45. The third-order valence-corrected chi connectivity index (χ3v) is 7.69. The zero-order valence-corrected chi connectivity index (χ0v) is 23.5. The quantitative estimate of drug-likeness (QED) is 0.348. The largest absolute Gasteiger partial charge is 0.491 e. The van der Waals surface area contributed by atoms with Crippen LogP contribution in [0.3, 0.4) is 0 Å². The summed E-state index contributed by atoms with van der Waals surface area (Å²) in [4.78, 5) is 28.8. The van der Waals surface area contributed by atoms with E-state index in [1.807, 2.05) is 18.2 Å². The first kappa shape index (κ1) is 30.7. The summed E-state index contributed by atoms with van der Waals surface area (Å²) in [7, 11) is 3.23. The van der Waals surface area contributed by atoms with Gasteiger partial charge in [-0.15, -0.1) is 0 Å². The molecule has 1 aliphatic heterocycles. The number of nitrogens with zero attached hydrogens (tertiary/aromatic N) is 2. The zero-order valence-electron chi connectivity index (χ0n) is 23.5. The van der Waals surface area contributed by atoms with Crippen LogP contribution < -0.4 is 4.74 Å². The monoisotopic (exact) mass is 576 g/mol. The van der Waals surface area contributed by atoms with Crippen LogP contribution in [0.15, 0.2) is 36.4 Å². The molecule has 9 nitrogen and oxygen atoms in total. The fourth-order valence-electron chi connectivity index (χ4n) is 5.43. The SMILES string of the molecule is COCCCc1cc(CN(C(=O)[C@H]2CN(C(=O)O)CC[C@]2(O)c2cc(F)cc(F)c2)C2CC2)cc(OCCOC)c1. The molecule has 0 spiro atoms. The Morgan fingerprint density at radius 3 is 2.32 bits per heavy atom. The maximum absolute atomic E-state index is 14.2. The molecule has 0 radical (unpaired) electrons. The third-order valence-electron chi connectivity index (χ3n) is 7.69. The van der Waals surface area contributed by atoms with Crippen molar-refractivity contribution >= 4 is 12.0 Å². The van der Waals surface area contributed by atoms with Gasteiger partial charge in [-0.05, 0) is 73.1 Å². The summed E-state index contributed by atoms with van der Waals surface area (Å²) >= 11 is 0. The Labute approximate surface area is 238 Å². The van der Waals surface area contributed by atoms with E-state index < -0.39 is 35.2 Å². The van der Waals surface area contributed by atoms with Crippen molar-refractivity contribution in [2.45, 2.75) is 50.3 Å². The molecule has 2 fully saturated rings. The molecule has 0 unspecified atom stereocenters. The van der Waals surface area contributed by atoms with Gasteiger partial charge in [0.05, 0.1) is 12.5 Å². The second kappa shape index (κ2) is 13.6. The summed E-state index contributed by atoms with van der Waals surface area (Å²) in [6, 6.07) is 8.42. The predicted molar refractivity (Wildman–Crippen MR) is 146 cm³/mol. The number of piperidine rings is 1. The number of aryl methyl sites for hydroxylation is 1. The molecule has 2 amide bonds. The van der Waals surface area contributed by atoms with Crippen LogP contribution in [0.2, 0.25) is 0 Å². The lowest BCUT2D eigenvalue weighted by atomic mass is 9.75. The van der Waals surface area contributed by atoms with E-state index >= 15 is 0 Å². The van der Waals surface area contributed by atoms with E-state index in [2.05, 4.69) is 0 Å². The highest BCUT2D eigenvalue weighted by molar-refractivity contribution is 5.82. The van der Waals surface area contributed by atoms with Crippen molar-refractivity contribution in [1.29, 1.82) is 0 Å². The number of carboxylic acid groups (broad SMARTS) is 1. The summed E-state index contributed by atoms with van der Waals surface area (Å²) in [5.74, 6) is -2.85. The van der Waals surface area contributed by atoms with Crippen molar-refractivity contribution in [3.63, 3.8) is 0 Å². The zero-order chi connectivity index (χ0) is 29.6. The minimum atomic E-state index is -1.95. The molecule has 2 N–H and O–H groups in total. The number of rotatable bonds is 13. The van der Waals surface area contributed by atoms with Gasteiger partial charge in [0.2, 0.25) is 5.91 Å². The molecule has 2 aromatic rings. The van der Waals surface area contributed by atoms with Gasteiger partial charge in [0.15, 0.2) is 0 Å². The normalized spacial score (nSPS) is 20.6. The first-order valence-corrected chi connectivity index (χ1v) is 13.9. The lowest BCUT2D eigenvalue weighted by Crippen LogP contribution is -2.57. The van der Waals surface area contributed by atoms with Gasteiger partial charge in [0.25, 0.3) is 0 Å². The number of carbonyl (C=O) groups is 2. The second-order valence-electron chi connectivity index (χ2n) is 10.7. The fraction of sp³-hybridized carbons (Fsp3) is 0.533. The van der Waals surface area contributed by atoms with E-state index in [4.69, 9.17) is 14.2 Å². The molecule has 41 heavy (non-hydrogen) atoms. The summed E-state index contributed by atoms with van der Waals surface area (Å²) in [5, 5.41) is 21.5. The first-order chi connectivity index (χ1) is 19.6. The Hall–Kier alpha value is -3.28. The smallest absolute Gasteiger partial charge is 0.407 e. The summed E-state index contributed by atoms with van der Waals surface area (Å²) in [6.45, 7) is 1.19. The average Bonchev–Trinajstić information content (AvgIpc) is 3.77. The predicted octanol–water partition coefficient (Wildman–Crippen LogP) is 3.95. The molecule has 2 atom stereocenters. The van der Waals surface area contributed by atoms with Crippen LogP contribution in [-0.2, 0) is 32.8 Å². The number of likely N-dealkylation sites (tertiary alicyclic amines) is 1. The Morgan fingerprint density at radius 2 is 1.68 bits per heavy atom. The van der Waals surface area contributed by atoms with E-state index in [0.717, 1.165) is 53.8 Å². The highest BCUT2D eigenvalue weighted by Crippen LogP contribution is 2.41. The van der Waals surface area contributed by atoms with Crippen molar-refractivity contribution in [1.82, 2.24) is 9.80 Å². The molecule has 4 rings (SSSR count). The number of amides is 2. The van der Waals surface area contributed by atoms with E-state index in [1.165, 1.54) is 0 Å². The number of benzene rings is 2. The minimum Gasteiger partial charge on any atom is -0.491 e. The van der Waals surface area contributed by atoms with Crippen LogP contribution in [0.5, 0.6) is 5.75 Å². The van der Waals surface area contributed by atoms with Crippen LogP contribution in [0, 0.1) is 17.6 Å². The van der Waals surface area contributed by atoms with Crippen LogP contribution in [0.25, 0.3) is 0 Å². The van der Waals surface area contributed by atoms with Gasteiger partial charge in [-0.2, -0.15) is 0 Å². The maximum atomic E-state index is 14.2. The number of hydrogen-bond donors (Lipinski definition) is 2. The van der Waals surface area contributed by atoms with Crippen LogP contribution in [0.4, 0.5) is 13.6 Å². The number of methoxy groups -OCH3 is 2. The van der Waals surface area contributed by atoms with Crippen molar-refractivity contribution in [3.8, 4) is 5.75 Å². The molecule has 11 heteroatoms. The van der Waals surface area contributed by atoms with Gasteiger partial charge in [-0.3, -0.25) is 4.79 Å². The molecular formula is C30H38F2N2O7.